The fraction of sp³-hybridized carbons (Fsp3) is 0.417. The highest BCUT2D eigenvalue weighted by atomic mass is 16.5. The van der Waals surface area contributed by atoms with Gasteiger partial charge in [0.2, 0.25) is 0 Å². The Balaban J connectivity index is 2.23. The summed E-state index contributed by atoms with van der Waals surface area (Å²) in [6, 6.07) is 5.52. The lowest BCUT2D eigenvalue weighted by atomic mass is 9.96. The maximum atomic E-state index is 10.7. The number of benzene rings is 1. The molecule has 2 rings (SSSR count). The number of carbonyl (C=O) groups is 1. The first-order valence-corrected chi connectivity index (χ1v) is 5.10. The summed E-state index contributed by atoms with van der Waals surface area (Å²) in [6.45, 7) is 1.81. The zero-order valence-corrected chi connectivity index (χ0v) is 9.32. The van der Waals surface area contributed by atoms with Crippen molar-refractivity contribution in [2.45, 2.75) is 25.4 Å². The van der Waals surface area contributed by atoms with Gasteiger partial charge in [-0.3, -0.25) is 4.79 Å². The second-order valence-corrected chi connectivity index (χ2v) is 4.27. The minimum absolute atomic E-state index is 0.00396. The largest absolute Gasteiger partial charge is 0.497 e. The van der Waals surface area contributed by atoms with Crippen LogP contribution in [0.4, 0.5) is 0 Å². The maximum Gasteiger partial charge on any atom is 0.307 e. The second kappa shape index (κ2) is 3.70. The van der Waals surface area contributed by atoms with Crippen LogP contribution in [0.15, 0.2) is 18.2 Å². The van der Waals surface area contributed by atoms with E-state index in [1.165, 1.54) is 0 Å². The van der Waals surface area contributed by atoms with E-state index < -0.39 is 11.6 Å². The fourth-order valence-electron chi connectivity index (χ4n) is 2.04. The van der Waals surface area contributed by atoms with Gasteiger partial charge >= 0.3 is 5.97 Å². The van der Waals surface area contributed by atoms with Crippen LogP contribution in [-0.4, -0.2) is 23.8 Å². The fourth-order valence-corrected chi connectivity index (χ4v) is 2.04. The van der Waals surface area contributed by atoms with Crippen molar-refractivity contribution in [3.05, 3.63) is 23.8 Å². The van der Waals surface area contributed by atoms with Gasteiger partial charge in [0, 0.05) is 12.0 Å². The molecule has 1 heterocycles. The highest BCUT2D eigenvalue weighted by molar-refractivity contribution is 5.68. The zero-order chi connectivity index (χ0) is 11.8. The van der Waals surface area contributed by atoms with Gasteiger partial charge in [0.1, 0.15) is 17.1 Å². The van der Waals surface area contributed by atoms with Crippen LogP contribution in [0.5, 0.6) is 11.5 Å². The topological polar surface area (TPSA) is 55.8 Å². The molecule has 1 N–H and O–H groups in total. The van der Waals surface area contributed by atoms with Crippen LogP contribution in [0.3, 0.4) is 0 Å². The molecule has 1 aliphatic rings. The quantitative estimate of drug-likeness (QED) is 0.848. The van der Waals surface area contributed by atoms with Crippen LogP contribution >= 0.6 is 0 Å². The Labute approximate surface area is 93.8 Å². The molecule has 0 saturated heterocycles. The van der Waals surface area contributed by atoms with Crippen molar-refractivity contribution in [3.63, 3.8) is 0 Å². The van der Waals surface area contributed by atoms with Gasteiger partial charge in [0.15, 0.2) is 0 Å². The van der Waals surface area contributed by atoms with Crippen LogP contribution < -0.4 is 9.47 Å². The molecule has 1 aromatic rings. The van der Waals surface area contributed by atoms with E-state index in [-0.39, 0.29) is 6.42 Å². The van der Waals surface area contributed by atoms with Gasteiger partial charge in [0.05, 0.1) is 13.5 Å². The Morgan fingerprint density at radius 2 is 2.38 bits per heavy atom. The summed E-state index contributed by atoms with van der Waals surface area (Å²) in [4.78, 5) is 10.7. The normalized spacial score (nSPS) is 22.4. The van der Waals surface area contributed by atoms with E-state index in [2.05, 4.69) is 0 Å². The van der Waals surface area contributed by atoms with Crippen molar-refractivity contribution in [2.75, 3.05) is 7.11 Å². The van der Waals surface area contributed by atoms with Crippen molar-refractivity contribution in [3.8, 4) is 11.5 Å². The number of fused-ring (bicyclic) bond motifs is 1. The van der Waals surface area contributed by atoms with Gasteiger partial charge < -0.3 is 14.6 Å². The highest BCUT2D eigenvalue weighted by Crippen LogP contribution is 2.38. The van der Waals surface area contributed by atoms with E-state index in [0.29, 0.717) is 6.42 Å². The monoisotopic (exact) mass is 222 g/mol. The van der Waals surface area contributed by atoms with Crippen molar-refractivity contribution in [2.24, 2.45) is 0 Å². The molecule has 0 aromatic heterocycles. The average Bonchev–Trinajstić information content (AvgIpc) is 2.50. The van der Waals surface area contributed by atoms with E-state index in [0.717, 1.165) is 17.1 Å². The third-order valence-corrected chi connectivity index (χ3v) is 2.71. The Morgan fingerprint density at radius 3 is 3.00 bits per heavy atom. The maximum absolute atomic E-state index is 10.7. The molecular formula is C12H14O4. The standard InChI is InChI=1S/C12H14O4/c1-12(7-11(13)14)6-8-5-9(15-2)3-4-10(8)16-12/h3-5H,6-7H2,1-2H3,(H,13,14). The SMILES string of the molecule is COc1ccc2c(c1)CC(C)(CC(=O)O)O2. The van der Waals surface area contributed by atoms with E-state index in [4.69, 9.17) is 14.6 Å². The molecule has 1 aliphatic heterocycles. The second-order valence-electron chi connectivity index (χ2n) is 4.27. The lowest BCUT2D eigenvalue weighted by molar-refractivity contribution is -0.140. The minimum atomic E-state index is -0.845. The summed E-state index contributed by atoms with van der Waals surface area (Å²) in [5.74, 6) is 0.675. The third-order valence-electron chi connectivity index (χ3n) is 2.71. The lowest BCUT2D eigenvalue weighted by Crippen LogP contribution is -2.33. The first-order valence-electron chi connectivity index (χ1n) is 5.10. The molecule has 0 bridgehead atoms. The first-order chi connectivity index (χ1) is 7.52. The molecule has 0 spiro atoms. The Kier molecular flexibility index (Phi) is 2.50. The number of carboxylic acids is 1. The predicted molar refractivity (Wildman–Crippen MR) is 58.0 cm³/mol. The summed E-state index contributed by atoms with van der Waals surface area (Å²) in [7, 11) is 1.61. The molecule has 0 fully saturated rings. The highest BCUT2D eigenvalue weighted by Gasteiger charge is 2.37. The summed E-state index contributed by atoms with van der Waals surface area (Å²) in [5, 5.41) is 8.81. The first kappa shape index (κ1) is 10.8. The predicted octanol–water partition coefficient (Wildman–Crippen LogP) is 1.86. The van der Waals surface area contributed by atoms with E-state index >= 15 is 0 Å². The van der Waals surface area contributed by atoms with Gasteiger partial charge in [-0.25, -0.2) is 0 Å². The summed E-state index contributed by atoms with van der Waals surface area (Å²) >= 11 is 0. The molecule has 0 aliphatic carbocycles. The van der Waals surface area contributed by atoms with Crippen LogP contribution in [0, 0.1) is 0 Å². The molecule has 0 radical (unpaired) electrons. The van der Waals surface area contributed by atoms with Gasteiger partial charge in [-0.05, 0) is 25.1 Å². The molecule has 1 atom stereocenters. The number of carboxylic acid groups (broad SMARTS) is 1. The Bertz CT molecular complexity index is 427. The number of methoxy groups -OCH3 is 1. The Morgan fingerprint density at radius 1 is 1.62 bits per heavy atom. The number of aliphatic carboxylic acids is 1. The van der Waals surface area contributed by atoms with Crippen LogP contribution in [-0.2, 0) is 11.2 Å². The molecule has 4 heteroatoms. The van der Waals surface area contributed by atoms with E-state index in [9.17, 15) is 4.79 Å². The number of ether oxygens (including phenoxy) is 2. The molecule has 16 heavy (non-hydrogen) atoms. The van der Waals surface area contributed by atoms with E-state index in [1.807, 2.05) is 25.1 Å². The molecule has 0 amide bonds. The smallest absolute Gasteiger partial charge is 0.307 e. The number of hydrogen-bond donors (Lipinski definition) is 1. The van der Waals surface area contributed by atoms with Gasteiger partial charge in [-0.2, -0.15) is 0 Å². The summed E-state index contributed by atoms with van der Waals surface area (Å²) in [6.07, 6.45) is 0.607. The van der Waals surface area contributed by atoms with Crippen LogP contribution in [0.1, 0.15) is 18.9 Å². The van der Waals surface area contributed by atoms with Gasteiger partial charge in [-0.1, -0.05) is 0 Å². The minimum Gasteiger partial charge on any atom is -0.497 e. The third kappa shape index (κ3) is 1.96. The van der Waals surface area contributed by atoms with Crippen LogP contribution in [0.2, 0.25) is 0 Å². The summed E-state index contributed by atoms with van der Waals surface area (Å²) in [5.41, 5.74) is 0.365. The number of hydrogen-bond acceptors (Lipinski definition) is 3. The van der Waals surface area contributed by atoms with Crippen molar-refractivity contribution in [1.29, 1.82) is 0 Å². The molecular weight excluding hydrogens is 208 g/mol. The van der Waals surface area contributed by atoms with Gasteiger partial charge in [0.25, 0.3) is 0 Å². The van der Waals surface area contributed by atoms with Crippen LogP contribution in [0.25, 0.3) is 0 Å². The Hall–Kier alpha value is -1.71. The molecule has 86 valence electrons. The van der Waals surface area contributed by atoms with Crippen molar-refractivity contribution < 1.29 is 19.4 Å². The van der Waals surface area contributed by atoms with Crippen molar-refractivity contribution in [1.82, 2.24) is 0 Å². The van der Waals surface area contributed by atoms with E-state index in [1.54, 1.807) is 7.11 Å². The molecule has 1 unspecified atom stereocenters. The molecule has 1 aromatic carbocycles. The lowest BCUT2D eigenvalue weighted by Gasteiger charge is -2.21. The number of rotatable bonds is 3. The average molecular weight is 222 g/mol. The molecule has 0 saturated carbocycles. The molecule has 4 nitrogen and oxygen atoms in total. The summed E-state index contributed by atoms with van der Waals surface area (Å²) < 4.78 is 10.8. The van der Waals surface area contributed by atoms with Crippen molar-refractivity contribution >= 4 is 5.97 Å². The van der Waals surface area contributed by atoms with Gasteiger partial charge in [-0.15, -0.1) is 0 Å². The zero-order valence-electron chi connectivity index (χ0n) is 9.32.